The van der Waals surface area contributed by atoms with Crippen LogP contribution in [0.25, 0.3) is 11.7 Å². The Labute approximate surface area is 134 Å². The topological polar surface area (TPSA) is 66.6 Å². The smallest absolute Gasteiger partial charge is 0.244 e. The number of amides is 1. The molecule has 0 fully saturated rings. The molecular formula is C16H20ClN3O2. The number of fused-ring (bicyclic) bond motifs is 1. The largest absolute Gasteiger partial charge is 0.393 e. The lowest BCUT2D eigenvalue weighted by atomic mass is 10.0. The maximum Gasteiger partial charge on any atom is 0.244 e. The highest BCUT2D eigenvalue weighted by atomic mass is 35.5. The van der Waals surface area contributed by atoms with Crippen molar-refractivity contribution in [1.29, 1.82) is 0 Å². The SMILES string of the molecule is CC(O)CC(C)CNC(=O)C=Cc1c(Cl)nc2ccccn12. The number of nitrogens with zero attached hydrogens (tertiary/aromatic N) is 2. The Morgan fingerprint density at radius 2 is 2.27 bits per heavy atom. The second-order valence-electron chi connectivity index (χ2n) is 5.49. The van der Waals surface area contributed by atoms with Crippen molar-refractivity contribution in [1.82, 2.24) is 14.7 Å². The molecule has 0 radical (unpaired) electrons. The van der Waals surface area contributed by atoms with Crippen LogP contribution in [0, 0.1) is 5.92 Å². The Morgan fingerprint density at radius 1 is 1.50 bits per heavy atom. The van der Waals surface area contributed by atoms with E-state index in [-0.39, 0.29) is 17.9 Å². The first kappa shape index (κ1) is 16.5. The van der Waals surface area contributed by atoms with Crippen LogP contribution in [-0.4, -0.2) is 33.0 Å². The monoisotopic (exact) mass is 321 g/mol. The van der Waals surface area contributed by atoms with Crippen LogP contribution in [0.15, 0.2) is 30.5 Å². The Balaban J connectivity index is 1.98. The molecule has 2 aromatic heterocycles. The van der Waals surface area contributed by atoms with Gasteiger partial charge in [-0.15, -0.1) is 0 Å². The number of hydrogen-bond acceptors (Lipinski definition) is 3. The van der Waals surface area contributed by atoms with Gasteiger partial charge in [-0.2, -0.15) is 0 Å². The van der Waals surface area contributed by atoms with E-state index in [0.717, 1.165) is 5.65 Å². The van der Waals surface area contributed by atoms with E-state index in [0.29, 0.717) is 23.8 Å². The Kier molecular flexibility index (Phi) is 5.57. The minimum atomic E-state index is -0.362. The van der Waals surface area contributed by atoms with Gasteiger partial charge in [0.25, 0.3) is 0 Å². The van der Waals surface area contributed by atoms with Crippen molar-refractivity contribution in [3.8, 4) is 0 Å². The molecule has 6 heteroatoms. The fourth-order valence-corrected chi connectivity index (χ4v) is 2.53. The van der Waals surface area contributed by atoms with Crippen LogP contribution in [0.3, 0.4) is 0 Å². The minimum Gasteiger partial charge on any atom is -0.393 e. The Hall–Kier alpha value is -1.85. The first-order valence-corrected chi connectivity index (χ1v) is 7.61. The zero-order valence-corrected chi connectivity index (χ0v) is 13.4. The number of carbonyl (C=O) groups is 1. The maximum atomic E-state index is 11.8. The average molecular weight is 322 g/mol. The molecule has 2 heterocycles. The molecule has 22 heavy (non-hydrogen) atoms. The van der Waals surface area contributed by atoms with Crippen molar-refractivity contribution in [3.63, 3.8) is 0 Å². The van der Waals surface area contributed by atoms with Crippen LogP contribution in [0.2, 0.25) is 5.15 Å². The van der Waals surface area contributed by atoms with Crippen LogP contribution in [0.1, 0.15) is 26.0 Å². The fourth-order valence-electron chi connectivity index (χ4n) is 2.29. The summed E-state index contributed by atoms with van der Waals surface area (Å²) in [4.78, 5) is 16.1. The summed E-state index contributed by atoms with van der Waals surface area (Å²) in [7, 11) is 0. The summed E-state index contributed by atoms with van der Waals surface area (Å²) in [6.07, 6.45) is 5.23. The number of aromatic nitrogens is 2. The number of aliphatic hydroxyl groups excluding tert-OH is 1. The molecule has 2 atom stereocenters. The highest BCUT2D eigenvalue weighted by molar-refractivity contribution is 6.31. The predicted octanol–water partition coefficient (Wildman–Crippen LogP) is 2.52. The molecule has 2 N–H and O–H groups in total. The van der Waals surface area contributed by atoms with Gasteiger partial charge in [-0.05, 0) is 37.5 Å². The van der Waals surface area contributed by atoms with E-state index in [1.54, 1.807) is 13.0 Å². The highest BCUT2D eigenvalue weighted by Crippen LogP contribution is 2.18. The maximum absolute atomic E-state index is 11.8. The van der Waals surface area contributed by atoms with Gasteiger partial charge >= 0.3 is 0 Å². The van der Waals surface area contributed by atoms with Crippen LogP contribution >= 0.6 is 11.6 Å². The summed E-state index contributed by atoms with van der Waals surface area (Å²) in [6.45, 7) is 4.25. The number of halogens is 1. The van der Waals surface area contributed by atoms with E-state index in [2.05, 4.69) is 10.3 Å². The van der Waals surface area contributed by atoms with Gasteiger partial charge in [0.1, 0.15) is 5.65 Å². The molecular weight excluding hydrogens is 302 g/mol. The normalized spacial score (nSPS) is 14.4. The molecule has 118 valence electrons. The number of nitrogens with one attached hydrogen (secondary N) is 1. The second-order valence-corrected chi connectivity index (χ2v) is 5.84. The molecule has 0 spiro atoms. The van der Waals surface area contributed by atoms with Crippen molar-refractivity contribution in [2.45, 2.75) is 26.4 Å². The number of rotatable bonds is 6. The van der Waals surface area contributed by atoms with E-state index in [1.165, 1.54) is 6.08 Å². The number of hydrogen-bond donors (Lipinski definition) is 2. The summed E-state index contributed by atoms with van der Waals surface area (Å²) >= 11 is 6.09. The lowest BCUT2D eigenvalue weighted by molar-refractivity contribution is -0.116. The quantitative estimate of drug-likeness (QED) is 0.803. The highest BCUT2D eigenvalue weighted by Gasteiger charge is 2.09. The molecule has 0 saturated carbocycles. The third-order valence-corrected chi connectivity index (χ3v) is 3.56. The Morgan fingerprint density at radius 3 is 3.00 bits per heavy atom. The summed E-state index contributed by atoms with van der Waals surface area (Å²) in [5, 5.41) is 12.5. The Bertz CT molecular complexity index is 679. The van der Waals surface area contributed by atoms with Crippen molar-refractivity contribution in [2.75, 3.05) is 6.54 Å². The average Bonchev–Trinajstić information content (AvgIpc) is 2.77. The third kappa shape index (κ3) is 4.32. The first-order valence-electron chi connectivity index (χ1n) is 7.24. The summed E-state index contributed by atoms with van der Waals surface area (Å²) in [6, 6.07) is 5.60. The standard InChI is InChI=1S/C16H20ClN3O2/c1-11(9-12(2)21)10-18-15(22)7-6-13-16(17)19-14-5-3-4-8-20(13)14/h3-8,11-12,21H,9-10H2,1-2H3,(H,18,22). The van der Waals surface area contributed by atoms with E-state index in [1.807, 2.05) is 35.7 Å². The van der Waals surface area contributed by atoms with Crippen molar-refractivity contribution < 1.29 is 9.90 Å². The van der Waals surface area contributed by atoms with Crippen molar-refractivity contribution in [3.05, 3.63) is 41.3 Å². The van der Waals surface area contributed by atoms with E-state index < -0.39 is 0 Å². The number of carbonyl (C=O) groups excluding carboxylic acids is 1. The van der Waals surface area contributed by atoms with Gasteiger partial charge in [0, 0.05) is 18.8 Å². The molecule has 0 aromatic carbocycles. The molecule has 0 aliphatic heterocycles. The number of aliphatic hydroxyl groups is 1. The fraction of sp³-hybridized carbons (Fsp3) is 0.375. The van der Waals surface area contributed by atoms with E-state index >= 15 is 0 Å². The van der Waals surface area contributed by atoms with E-state index in [9.17, 15) is 9.90 Å². The van der Waals surface area contributed by atoms with Gasteiger partial charge < -0.3 is 10.4 Å². The predicted molar refractivity (Wildman–Crippen MR) is 87.7 cm³/mol. The second kappa shape index (κ2) is 7.42. The van der Waals surface area contributed by atoms with Crippen LogP contribution in [0.5, 0.6) is 0 Å². The third-order valence-electron chi connectivity index (χ3n) is 3.28. The van der Waals surface area contributed by atoms with Gasteiger partial charge in [-0.25, -0.2) is 4.98 Å². The van der Waals surface area contributed by atoms with E-state index in [4.69, 9.17) is 11.6 Å². The zero-order valence-electron chi connectivity index (χ0n) is 12.7. The molecule has 2 rings (SSSR count). The molecule has 2 unspecified atom stereocenters. The van der Waals surface area contributed by atoms with Gasteiger partial charge in [-0.3, -0.25) is 9.20 Å². The molecule has 0 saturated heterocycles. The zero-order chi connectivity index (χ0) is 16.1. The van der Waals surface area contributed by atoms with Gasteiger partial charge in [-0.1, -0.05) is 24.6 Å². The number of pyridine rings is 1. The number of imidazole rings is 1. The summed E-state index contributed by atoms with van der Waals surface area (Å²) in [5.74, 6) is 0.0242. The van der Waals surface area contributed by atoms with Crippen molar-refractivity contribution >= 4 is 29.2 Å². The van der Waals surface area contributed by atoms with Gasteiger partial charge in [0.2, 0.25) is 5.91 Å². The molecule has 2 aromatic rings. The van der Waals surface area contributed by atoms with Crippen LogP contribution in [-0.2, 0) is 4.79 Å². The summed E-state index contributed by atoms with van der Waals surface area (Å²) in [5.41, 5.74) is 1.41. The molecule has 0 bridgehead atoms. The first-order chi connectivity index (χ1) is 10.5. The van der Waals surface area contributed by atoms with Crippen LogP contribution in [0.4, 0.5) is 0 Å². The van der Waals surface area contributed by atoms with Crippen LogP contribution < -0.4 is 5.32 Å². The lowest BCUT2D eigenvalue weighted by Gasteiger charge is -2.13. The van der Waals surface area contributed by atoms with Gasteiger partial charge in [0.15, 0.2) is 5.15 Å². The van der Waals surface area contributed by atoms with Crippen molar-refractivity contribution in [2.24, 2.45) is 5.92 Å². The minimum absolute atomic E-state index is 0.195. The molecule has 5 nitrogen and oxygen atoms in total. The van der Waals surface area contributed by atoms with Gasteiger partial charge in [0.05, 0.1) is 11.8 Å². The molecule has 0 aliphatic rings. The molecule has 1 amide bonds. The lowest BCUT2D eigenvalue weighted by Crippen LogP contribution is -2.28. The summed E-state index contributed by atoms with van der Waals surface area (Å²) < 4.78 is 1.82. The molecule has 0 aliphatic carbocycles.